The molecule has 0 spiro atoms. The number of aromatic hydroxyl groups is 2. The van der Waals surface area contributed by atoms with Crippen molar-refractivity contribution in [1.82, 2.24) is 0 Å². The fourth-order valence-corrected chi connectivity index (χ4v) is 8.62. The molecule has 0 aliphatic heterocycles. The van der Waals surface area contributed by atoms with Gasteiger partial charge in [0.15, 0.2) is 40.0 Å². The fraction of sp³-hybridized carbons (Fsp3) is 0.526. The van der Waals surface area contributed by atoms with Crippen molar-refractivity contribution in [3.05, 3.63) is 71.4 Å². The first-order valence-electron chi connectivity index (χ1n) is 15.6. The lowest BCUT2D eigenvalue weighted by molar-refractivity contribution is -0.212. The van der Waals surface area contributed by atoms with Crippen molar-refractivity contribution < 1.29 is 29.4 Å². The van der Waals surface area contributed by atoms with Gasteiger partial charge in [0.05, 0.1) is 10.8 Å². The van der Waals surface area contributed by atoms with Gasteiger partial charge >= 0.3 is 0 Å². The molecule has 1 aromatic rings. The van der Waals surface area contributed by atoms with E-state index in [9.17, 15) is 15.0 Å². The second-order valence-electron chi connectivity index (χ2n) is 14.8. The average molecular weight is 601 g/mol. The van der Waals surface area contributed by atoms with Crippen LogP contribution in [0.3, 0.4) is 0 Å². The van der Waals surface area contributed by atoms with Crippen LogP contribution in [0, 0.1) is 39.4 Å². The molecule has 4 aliphatic rings. The van der Waals surface area contributed by atoms with E-state index in [4.69, 9.17) is 0 Å². The third-order valence-corrected chi connectivity index (χ3v) is 11.0. The zero-order valence-corrected chi connectivity index (χ0v) is 27.6. The number of phenolic OH excluding ortho intramolecular Hbond substituents is 2. The largest absolute Gasteiger partial charge is 0.504 e. The molecule has 4 fully saturated rings. The maximum atomic E-state index is 15.3. The van der Waals surface area contributed by atoms with Gasteiger partial charge < -0.3 is 10.2 Å². The number of rotatable bonds is 11. The number of ketones is 4. The van der Waals surface area contributed by atoms with Gasteiger partial charge in [-0.05, 0) is 109 Å². The SMILES string of the molecule is C=C(C)CCC(CC12C[C@H]3[C@H](C=C(C)C)C(C(=O)c4ccc(O)c(O)c4)(C1=O)C(=O)C(CC=C(C)C)(C2=O)C3(C)C)C(=C)C. The third-order valence-electron chi connectivity index (χ3n) is 11.0. The Labute approximate surface area is 262 Å². The van der Waals surface area contributed by atoms with Crippen molar-refractivity contribution in [2.24, 2.45) is 39.4 Å². The van der Waals surface area contributed by atoms with E-state index >= 15 is 14.4 Å². The van der Waals surface area contributed by atoms with E-state index in [1.807, 2.05) is 67.5 Å². The number of Topliss-reactive ketones (excluding diaryl/α,β-unsaturated/α-hetero) is 4. The summed E-state index contributed by atoms with van der Waals surface area (Å²) < 4.78 is 0. The van der Waals surface area contributed by atoms with Crippen molar-refractivity contribution in [2.75, 3.05) is 0 Å². The molecule has 0 amide bonds. The lowest BCUT2D eigenvalue weighted by Crippen LogP contribution is -2.83. The van der Waals surface area contributed by atoms with Crippen LogP contribution in [0.5, 0.6) is 11.5 Å². The van der Waals surface area contributed by atoms with Gasteiger partial charge in [0.25, 0.3) is 0 Å². The molecule has 6 nitrogen and oxygen atoms in total. The number of carbonyl (C=O) groups excluding carboxylic acids is 4. The molecule has 6 atom stereocenters. The second kappa shape index (κ2) is 11.1. The summed E-state index contributed by atoms with van der Waals surface area (Å²) in [5.41, 5.74) is -2.59. The summed E-state index contributed by atoms with van der Waals surface area (Å²) in [7, 11) is 0. The Kier molecular flexibility index (Phi) is 8.43. The van der Waals surface area contributed by atoms with Crippen LogP contribution in [-0.4, -0.2) is 33.3 Å². The van der Waals surface area contributed by atoms with Gasteiger partial charge in [-0.15, -0.1) is 6.58 Å². The van der Waals surface area contributed by atoms with Gasteiger partial charge in [0, 0.05) is 11.5 Å². The molecule has 4 unspecified atom stereocenters. The minimum absolute atomic E-state index is 0.0485. The molecule has 4 bridgehead atoms. The lowest BCUT2D eigenvalue weighted by Gasteiger charge is -2.71. The van der Waals surface area contributed by atoms with Gasteiger partial charge in [-0.3, -0.25) is 19.2 Å². The zero-order valence-electron chi connectivity index (χ0n) is 27.6. The summed E-state index contributed by atoms with van der Waals surface area (Å²) in [5.74, 6) is -4.59. The van der Waals surface area contributed by atoms with E-state index in [0.717, 1.165) is 28.4 Å². The number of allylic oxidation sites excluding steroid dienone is 6. The fourth-order valence-electron chi connectivity index (χ4n) is 8.62. The van der Waals surface area contributed by atoms with Gasteiger partial charge in [-0.25, -0.2) is 0 Å². The van der Waals surface area contributed by atoms with Crippen LogP contribution < -0.4 is 0 Å². The Balaban J connectivity index is 2.11. The molecular weight excluding hydrogens is 552 g/mol. The molecule has 6 heteroatoms. The normalized spacial score (nSPS) is 30.6. The zero-order chi connectivity index (χ0) is 33.2. The number of carbonyl (C=O) groups is 4. The summed E-state index contributed by atoms with van der Waals surface area (Å²) in [4.78, 5) is 60.8. The summed E-state index contributed by atoms with van der Waals surface area (Å²) in [6.07, 6.45) is 5.66. The maximum Gasteiger partial charge on any atom is 0.184 e. The minimum Gasteiger partial charge on any atom is -0.504 e. The number of phenols is 2. The molecule has 2 N–H and O–H groups in total. The van der Waals surface area contributed by atoms with Crippen molar-refractivity contribution in [1.29, 1.82) is 0 Å². The first kappa shape index (κ1) is 33.4. The quantitative estimate of drug-likeness (QED) is 0.116. The predicted octanol–water partition coefficient (Wildman–Crippen LogP) is 7.90. The highest BCUT2D eigenvalue weighted by molar-refractivity contribution is 6.42. The van der Waals surface area contributed by atoms with Crippen molar-refractivity contribution in [3.63, 3.8) is 0 Å². The van der Waals surface area contributed by atoms with E-state index in [1.165, 1.54) is 12.1 Å². The van der Waals surface area contributed by atoms with E-state index in [-0.39, 0.29) is 42.4 Å². The Morgan fingerprint density at radius 1 is 0.955 bits per heavy atom. The molecule has 0 aromatic heterocycles. The highest BCUT2D eigenvalue weighted by atomic mass is 16.3. The van der Waals surface area contributed by atoms with Gasteiger partial charge in [-0.1, -0.05) is 54.9 Å². The van der Waals surface area contributed by atoms with E-state index < -0.39 is 56.4 Å². The lowest BCUT2D eigenvalue weighted by atomic mass is 9.26. The van der Waals surface area contributed by atoms with E-state index in [2.05, 4.69) is 13.2 Å². The summed E-state index contributed by atoms with van der Waals surface area (Å²) in [6, 6.07) is 3.64. The number of benzene rings is 1. The van der Waals surface area contributed by atoms with Gasteiger partial charge in [-0.2, -0.15) is 0 Å². The first-order chi connectivity index (χ1) is 20.3. The highest BCUT2D eigenvalue weighted by Crippen LogP contribution is 2.75. The topological polar surface area (TPSA) is 109 Å². The standard InChI is InChI=1S/C38H48O6/c1-21(2)11-12-26(24(7)8)19-36-20-28-27(17-23(5)6)38(33(36)43,31(41)25-13-14-29(39)30(40)18-25)34(44)37(32(36)42,35(28,9)10)16-15-22(3)4/h13-15,17-18,26-28,39-40H,1,7,11-12,16,19-20H2,2-6,8-10H3/t26?,27-,28-,36?,37?,38?/m0/s1. The Morgan fingerprint density at radius 2 is 1.59 bits per heavy atom. The van der Waals surface area contributed by atoms with Crippen molar-refractivity contribution in [3.8, 4) is 11.5 Å². The second-order valence-corrected chi connectivity index (χ2v) is 14.8. The van der Waals surface area contributed by atoms with Crippen LogP contribution in [-0.2, 0) is 14.4 Å². The molecule has 5 rings (SSSR count). The monoisotopic (exact) mass is 600 g/mol. The van der Waals surface area contributed by atoms with Crippen LogP contribution in [0.15, 0.2) is 65.8 Å². The average Bonchev–Trinajstić information content (AvgIpc) is 2.91. The summed E-state index contributed by atoms with van der Waals surface area (Å²) in [5, 5.41) is 20.4. The summed E-state index contributed by atoms with van der Waals surface area (Å²) >= 11 is 0. The maximum absolute atomic E-state index is 15.3. The Morgan fingerprint density at radius 3 is 2.11 bits per heavy atom. The smallest absolute Gasteiger partial charge is 0.184 e. The molecule has 44 heavy (non-hydrogen) atoms. The van der Waals surface area contributed by atoms with Crippen LogP contribution in [0.4, 0.5) is 0 Å². The van der Waals surface area contributed by atoms with Gasteiger partial charge in [0.2, 0.25) is 0 Å². The van der Waals surface area contributed by atoms with E-state index in [1.54, 1.807) is 0 Å². The van der Waals surface area contributed by atoms with Crippen molar-refractivity contribution >= 4 is 23.1 Å². The molecule has 4 aliphatic carbocycles. The van der Waals surface area contributed by atoms with Crippen molar-refractivity contribution in [2.45, 2.75) is 87.5 Å². The van der Waals surface area contributed by atoms with Crippen LogP contribution >= 0.6 is 0 Å². The Bertz CT molecular complexity index is 1530. The molecular formula is C38H48O6. The van der Waals surface area contributed by atoms with Crippen LogP contribution in [0.1, 0.15) is 97.9 Å². The van der Waals surface area contributed by atoms with Crippen LogP contribution in [0.25, 0.3) is 0 Å². The molecule has 0 heterocycles. The summed E-state index contributed by atoms with van der Waals surface area (Å²) in [6.45, 7) is 23.6. The minimum atomic E-state index is -2.16. The first-order valence-corrected chi connectivity index (χ1v) is 15.6. The van der Waals surface area contributed by atoms with E-state index in [0.29, 0.717) is 12.8 Å². The number of hydrogen-bond donors (Lipinski definition) is 2. The third kappa shape index (κ3) is 4.50. The predicted molar refractivity (Wildman–Crippen MR) is 172 cm³/mol. The number of hydrogen-bond acceptors (Lipinski definition) is 6. The molecule has 0 saturated heterocycles. The van der Waals surface area contributed by atoms with Gasteiger partial charge in [0.1, 0.15) is 0 Å². The molecule has 1 aromatic carbocycles. The molecule has 0 radical (unpaired) electrons. The molecule has 236 valence electrons. The Hall–Kier alpha value is -3.54. The van der Waals surface area contributed by atoms with Crippen LogP contribution in [0.2, 0.25) is 0 Å². The highest BCUT2D eigenvalue weighted by Gasteiger charge is 2.86. The molecule has 4 saturated carbocycles.